The molecule has 0 aromatic carbocycles. The Morgan fingerprint density at radius 2 is 2.25 bits per heavy atom. The number of halogens is 1. The fourth-order valence-electron chi connectivity index (χ4n) is 3.09. The van der Waals surface area contributed by atoms with E-state index in [4.69, 9.17) is 21.4 Å². The Morgan fingerprint density at radius 3 is 2.89 bits per heavy atom. The average Bonchev–Trinajstić information content (AvgIpc) is 3.09. The molecule has 1 saturated heterocycles. The number of carbonyl (C=O) groups excluding carboxylic acids is 1. The minimum Gasteiger partial charge on any atom is -0.477 e. The van der Waals surface area contributed by atoms with Gasteiger partial charge in [0, 0.05) is 26.4 Å². The zero-order chi connectivity index (χ0) is 20.3. The van der Waals surface area contributed by atoms with E-state index in [1.807, 2.05) is 11.8 Å². The minimum absolute atomic E-state index is 0.0733. The average molecular weight is 409 g/mol. The molecule has 1 amide bonds. The van der Waals surface area contributed by atoms with Gasteiger partial charge in [0.15, 0.2) is 16.7 Å². The number of amides is 1. The van der Waals surface area contributed by atoms with Gasteiger partial charge < -0.3 is 25.0 Å². The van der Waals surface area contributed by atoms with Gasteiger partial charge in [0.25, 0.3) is 5.91 Å². The van der Waals surface area contributed by atoms with E-state index in [1.54, 1.807) is 7.11 Å². The van der Waals surface area contributed by atoms with Crippen LogP contribution in [0.25, 0.3) is 0 Å². The first kappa shape index (κ1) is 20.0. The summed E-state index contributed by atoms with van der Waals surface area (Å²) in [4.78, 5) is 40.6. The maximum absolute atomic E-state index is 12.5. The van der Waals surface area contributed by atoms with E-state index in [1.165, 1.54) is 12.3 Å². The standard InChI is InChI=1S/C17H21ClN6O4/c1-3-9-13(18)23-14(20-9)15(25)21-10-5-7-24(8-12(10)28-2)17-19-6-4-11(22-17)16(26)27/h4,6,10,12H,3,5,7-8H2,1-2H3,(H,20,23)(H,21,25)(H,26,27)/t10-,12+/m1/s1. The van der Waals surface area contributed by atoms with Gasteiger partial charge in [0.2, 0.25) is 5.95 Å². The van der Waals surface area contributed by atoms with Crippen molar-refractivity contribution in [1.29, 1.82) is 0 Å². The third-order valence-electron chi connectivity index (χ3n) is 4.62. The molecule has 0 unspecified atom stereocenters. The first-order valence-electron chi connectivity index (χ1n) is 8.82. The number of carboxylic acid groups (broad SMARTS) is 1. The summed E-state index contributed by atoms with van der Waals surface area (Å²) in [6.07, 6.45) is 2.30. The molecule has 0 spiro atoms. The van der Waals surface area contributed by atoms with Crippen molar-refractivity contribution in [2.24, 2.45) is 0 Å². The van der Waals surface area contributed by atoms with Crippen LogP contribution < -0.4 is 10.2 Å². The van der Waals surface area contributed by atoms with E-state index in [9.17, 15) is 9.59 Å². The van der Waals surface area contributed by atoms with Crippen LogP contribution in [0, 0.1) is 0 Å². The SMILES string of the molecule is CCc1[nH]c(C(=O)N[C@@H]2CCN(c3nccc(C(=O)O)n3)C[C@@H]2OC)nc1Cl. The number of aryl methyl sites for hydroxylation is 1. The number of rotatable bonds is 6. The van der Waals surface area contributed by atoms with E-state index in [-0.39, 0.29) is 29.6 Å². The third-order valence-corrected chi connectivity index (χ3v) is 4.93. The molecular weight excluding hydrogens is 388 g/mol. The Labute approximate surface area is 166 Å². The number of methoxy groups -OCH3 is 1. The Bertz CT molecular complexity index is 873. The Hall–Kier alpha value is -2.72. The molecule has 0 radical (unpaired) electrons. The molecule has 0 aliphatic carbocycles. The van der Waals surface area contributed by atoms with Gasteiger partial charge >= 0.3 is 5.97 Å². The number of carbonyl (C=O) groups is 2. The summed E-state index contributed by atoms with van der Waals surface area (Å²) in [5.74, 6) is -0.988. The number of hydrogen-bond donors (Lipinski definition) is 3. The van der Waals surface area contributed by atoms with Gasteiger partial charge in [-0.05, 0) is 18.9 Å². The fraction of sp³-hybridized carbons (Fsp3) is 0.471. The molecule has 28 heavy (non-hydrogen) atoms. The van der Waals surface area contributed by atoms with Crippen LogP contribution in [0.4, 0.5) is 5.95 Å². The molecule has 3 heterocycles. The van der Waals surface area contributed by atoms with Crippen molar-refractivity contribution in [2.45, 2.75) is 31.9 Å². The maximum atomic E-state index is 12.5. The lowest BCUT2D eigenvalue weighted by Crippen LogP contribution is -2.55. The molecule has 1 aliphatic heterocycles. The molecule has 2 atom stereocenters. The molecule has 10 nitrogen and oxygen atoms in total. The van der Waals surface area contributed by atoms with Crippen LogP contribution in [0.15, 0.2) is 12.3 Å². The van der Waals surface area contributed by atoms with E-state index in [2.05, 4.69) is 25.3 Å². The van der Waals surface area contributed by atoms with Crippen molar-refractivity contribution >= 4 is 29.4 Å². The Balaban J connectivity index is 1.68. The molecule has 3 rings (SSSR count). The predicted octanol–water partition coefficient (Wildman–Crippen LogP) is 1.14. The van der Waals surface area contributed by atoms with E-state index < -0.39 is 5.97 Å². The first-order chi connectivity index (χ1) is 13.4. The monoisotopic (exact) mass is 408 g/mol. The number of H-pyrrole nitrogens is 1. The van der Waals surface area contributed by atoms with Crippen molar-refractivity contribution in [3.05, 3.63) is 34.6 Å². The lowest BCUT2D eigenvalue weighted by Gasteiger charge is -2.37. The Morgan fingerprint density at radius 1 is 1.46 bits per heavy atom. The molecule has 11 heteroatoms. The quantitative estimate of drug-likeness (QED) is 0.647. The highest BCUT2D eigenvalue weighted by Gasteiger charge is 2.32. The number of nitrogens with one attached hydrogen (secondary N) is 2. The van der Waals surface area contributed by atoms with E-state index in [0.717, 1.165) is 0 Å². The predicted molar refractivity (Wildman–Crippen MR) is 101 cm³/mol. The van der Waals surface area contributed by atoms with Crippen LogP contribution in [-0.2, 0) is 11.2 Å². The summed E-state index contributed by atoms with van der Waals surface area (Å²) < 4.78 is 5.54. The van der Waals surface area contributed by atoms with Crippen LogP contribution in [-0.4, -0.2) is 69.3 Å². The van der Waals surface area contributed by atoms with Gasteiger partial charge in [-0.3, -0.25) is 4.79 Å². The highest BCUT2D eigenvalue weighted by Crippen LogP contribution is 2.19. The summed E-state index contributed by atoms with van der Waals surface area (Å²) in [5, 5.41) is 12.3. The van der Waals surface area contributed by atoms with Crippen molar-refractivity contribution in [1.82, 2.24) is 25.3 Å². The van der Waals surface area contributed by atoms with Gasteiger partial charge in [0.05, 0.1) is 17.8 Å². The largest absolute Gasteiger partial charge is 0.477 e. The second-order valence-electron chi connectivity index (χ2n) is 6.34. The van der Waals surface area contributed by atoms with Crippen molar-refractivity contribution in [3.8, 4) is 0 Å². The van der Waals surface area contributed by atoms with Gasteiger partial charge in [-0.1, -0.05) is 18.5 Å². The van der Waals surface area contributed by atoms with Crippen LogP contribution in [0.5, 0.6) is 0 Å². The zero-order valence-corrected chi connectivity index (χ0v) is 16.2. The summed E-state index contributed by atoms with van der Waals surface area (Å²) in [7, 11) is 1.56. The Kier molecular flexibility index (Phi) is 6.10. The van der Waals surface area contributed by atoms with Gasteiger partial charge in [-0.15, -0.1) is 0 Å². The lowest BCUT2D eigenvalue weighted by molar-refractivity contribution is 0.0534. The molecule has 2 aromatic rings. The van der Waals surface area contributed by atoms with Crippen LogP contribution in [0.2, 0.25) is 5.15 Å². The van der Waals surface area contributed by atoms with Crippen molar-refractivity contribution < 1.29 is 19.4 Å². The number of ether oxygens (including phenoxy) is 1. The molecule has 1 aliphatic rings. The number of aromatic carboxylic acids is 1. The number of carboxylic acids is 1. The van der Waals surface area contributed by atoms with Gasteiger partial charge in [-0.25, -0.2) is 19.7 Å². The summed E-state index contributed by atoms with van der Waals surface area (Å²) in [6.45, 7) is 2.86. The molecule has 150 valence electrons. The first-order valence-corrected chi connectivity index (χ1v) is 9.20. The maximum Gasteiger partial charge on any atom is 0.354 e. The van der Waals surface area contributed by atoms with Crippen LogP contribution in [0.1, 0.15) is 40.1 Å². The number of imidazole rings is 1. The summed E-state index contributed by atoms with van der Waals surface area (Å²) in [6, 6.07) is 1.09. The van der Waals surface area contributed by atoms with Crippen LogP contribution in [0.3, 0.4) is 0 Å². The fourth-order valence-corrected chi connectivity index (χ4v) is 3.35. The third kappa shape index (κ3) is 4.23. The lowest BCUT2D eigenvalue weighted by atomic mass is 10.0. The van der Waals surface area contributed by atoms with Crippen molar-refractivity contribution in [2.75, 3.05) is 25.1 Å². The van der Waals surface area contributed by atoms with E-state index >= 15 is 0 Å². The highest BCUT2D eigenvalue weighted by molar-refractivity contribution is 6.30. The molecule has 0 bridgehead atoms. The van der Waals surface area contributed by atoms with Crippen molar-refractivity contribution in [3.63, 3.8) is 0 Å². The second kappa shape index (κ2) is 8.53. The molecular formula is C17H21ClN6O4. The summed E-state index contributed by atoms with van der Waals surface area (Å²) >= 11 is 6.00. The minimum atomic E-state index is -1.11. The normalized spacial score (nSPS) is 19.5. The number of aromatic nitrogens is 4. The molecule has 2 aromatic heterocycles. The number of piperidine rings is 1. The molecule has 3 N–H and O–H groups in total. The number of nitrogens with zero attached hydrogens (tertiary/aromatic N) is 4. The smallest absolute Gasteiger partial charge is 0.354 e. The molecule has 0 saturated carbocycles. The van der Waals surface area contributed by atoms with Crippen LogP contribution >= 0.6 is 11.6 Å². The zero-order valence-electron chi connectivity index (χ0n) is 15.5. The van der Waals surface area contributed by atoms with Gasteiger partial charge in [-0.2, -0.15) is 0 Å². The highest BCUT2D eigenvalue weighted by atomic mass is 35.5. The second-order valence-corrected chi connectivity index (χ2v) is 6.70. The number of aromatic amines is 1. The summed E-state index contributed by atoms with van der Waals surface area (Å²) in [5.41, 5.74) is 0.635. The topological polar surface area (TPSA) is 133 Å². The van der Waals surface area contributed by atoms with Gasteiger partial charge in [0.1, 0.15) is 0 Å². The number of hydrogen-bond acceptors (Lipinski definition) is 7. The van der Waals surface area contributed by atoms with E-state index in [0.29, 0.717) is 42.7 Å². The number of anilines is 1. The molecule has 1 fully saturated rings.